The molecule has 0 aromatic heterocycles. The van der Waals surface area contributed by atoms with Crippen LogP contribution in [-0.4, -0.2) is 24.9 Å². The Hall–Kier alpha value is -3.40. The fourth-order valence-electron chi connectivity index (χ4n) is 3.96. The summed E-state index contributed by atoms with van der Waals surface area (Å²) in [5.74, 6) is 0.0429. The summed E-state index contributed by atoms with van der Waals surface area (Å²) in [5, 5.41) is 3.00. The molecule has 0 radical (unpaired) electrons. The van der Waals surface area contributed by atoms with Crippen molar-refractivity contribution >= 4 is 17.5 Å². The predicted octanol–water partition coefficient (Wildman–Crippen LogP) is 4.63. The van der Waals surface area contributed by atoms with Gasteiger partial charge in [-0.1, -0.05) is 48.5 Å². The Morgan fingerprint density at radius 1 is 0.933 bits per heavy atom. The highest BCUT2D eigenvalue weighted by Gasteiger charge is 2.22. The first-order chi connectivity index (χ1) is 14.6. The summed E-state index contributed by atoms with van der Waals surface area (Å²) in [5.41, 5.74) is 6.34. The molecule has 0 spiro atoms. The average Bonchev–Trinajstić information content (AvgIpc) is 3.21. The summed E-state index contributed by atoms with van der Waals surface area (Å²) in [6, 6.07) is 24.2. The number of amides is 2. The lowest BCUT2D eigenvalue weighted by molar-refractivity contribution is -0.116. The molecule has 1 heterocycles. The molecule has 4 heteroatoms. The molecule has 4 rings (SSSR count). The van der Waals surface area contributed by atoms with Crippen molar-refractivity contribution in [2.75, 3.05) is 18.0 Å². The van der Waals surface area contributed by atoms with Crippen LogP contribution in [0, 0.1) is 0 Å². The van der Waals surface area contributed by atoms with E-state index in [1.165, 1.54) is 11.1 Å². The summed E-state index contributed by atoms with van der Waals surface area (Å²) in [4.78, 5) is 26.0. The maximum atomic E-state index is 12.4. The monoisotopic (exact) mass is 398 g/mol. The van der Waals surface area contributed by atoms with Gasteiger partial charge in [-0.3, -0.25) is 9.59 Å². The second-order valence-corrected chi connectivity index (χ2v) is 7.69. The maximum Gasteiger partial charge on any atom is 0.251 e. The van der Waals surface area contributed by atoms with Crippen molar-refractivity contribution in [1.82, 2.24) is 5.32 Å². The molecular formula is C26H26N2O2. The molecule has 0 saturated heterocycles. The largest absolute Gasteiger partial charge is 0.352 e. The van der Waals surface area contributed by atoms with Crippen LogP contribution in [0.25, 0.3) is 11.1 Å². The van der Waals surface area contributed by atoms with Crippen molar-refractivity contribution < 1.29 is 9.59 Å². The van der Waals surface area contributed by atoms with E-state index >= 15 is 0 Å². The molecule has 1 N–H and O–H groups in total. The summed E-state index contributed by atoms with van der Waals surface area (Å²) < 4.78 is 0. The third-order valence-electron chi connectivity index (χ3n) is 5.61. The Balaban J connectivity index is 1.35. The van der Waals surface area contributed by atoms with E-state index in [9.17, 15) is 9.59 Å². The molecule has 0 fully saturated rings. The van der Waals surface area contributed by atoms with Gasteiger partial charge in [0.15, 0.2) is 0 Å². The van der Waals surface area contributed by atoms with Gasteiger partial charge in [0.05, 0.1) is 0 Å². The third kappa shape index (κ3) is 4.43. The number of nitrogens with one attached hydrogen (secondary N) is 1. The number of fused-ring (bicyclic) bond motifs is 1. The normalized spacial score (nSPS) is 12.5. The molecule has 0 saturated carbocycles. The van der Waals surface area contributed by atoms with Gasteiger partial charge in [-0.15, -0.1) is 0 Å². The second-order valence-electron chi connectivity index (χ2n) is 7.69. The van der Waals surface area contributed by atoms with E-state index in [0.29, 0.717) is 12.1 Å². The lowest BCUT2D eigenvalue weighted by atomic mass is 10.0. The topological polar surface area (TPSA) is 49.4 Å². The molecule has 30 heavy (non-hydrogen) atoms. The quantitative estimate of drug-likeness (QED) is 0.616. The van der Waals surface area contributed by atoms with Gasteiger partial charge in [0.1, 0.15) is 0 Å². The van der Waals surface area contributed by atoms with Crippen molar-refractivity contribution in [1.29, 1.82) is 0 Å². The third-order valence-corrected chi connectivity index (χ3v) is 5.61. The predicted molar refractivity (Wildman–Crippen MR) is 121 cm³/mol. The lowest BCUT2D eigenvalue weighted by Crippen LogP contribution is -2.25. The number of hydrogen-bond donors (Lipinski definition) is 1. The van der Waals surface area contributed by atoms with Crippen LogP contribution in [0.3, 0.4) is 0 Å². The molecule has 0 aliphatic carbocycles. The zero-order chi connectivity index (χ0) is 20.9. The van der Waals surface area contributed by atoms with Crippen LogP contribution in [0.5, 0.6) is 0 Å². The first kappa shape index (κ1) is 19.9. The number of anilines is 1. The number of hydrogen-bond acceptors (Lipinski definition) is 2. The van der Waals surface area contributed by atoms with Crippen molar-refractivity contribution in [3.63, 3.8) is 0 Å². The van der Waals surface area contributed by atoms with Gasteiger partial charge >= 0.3 is 0 Å². The lowest BCUT2D eigenvalue weighted by Gasteiger charge is -2.15. The first-order valence-electron chi connectivity index (χ1n) is 10.5. The van der Waals surface area contributed by atoms with Crippen molar-refractivity contribution in [3.8, 4) is 11.1 Å². The molecule has 0 bridgehead atoms. The highest BCUT2D eigenvalue weighted by atomic mass is 16.2. The van der Waals surface area contributed by atoms with E-state index < -0.39 is 0 Å². The zero-order valence-corrected chi connectivity index (χ0v) is 17.2. The van der Waals surface area contributed by atoms with E-state index in [1.807, 2.05) is 59.5 Å². The Labute approximate surface area is 177 Å². The number of carbonyl (C=O) groups is 2. The van der Waals surface area contributed by atoms with Crippen LogP contribution in [-0.2, 0) is 17.6 Å². The number of carbonyl (C=O) groups excluding carboxylic acids is 2. The number of benzene rings is 3. The molecule has 0 unspecified atom stereocenters. The average molecular weight is 399 g/mol. The summed E-state index contributed by atoms with van der Waals surface area (Å²) >= 11 is 0. The minimum Gasteiger partial charge on any atom is -0.352 e. The molecule has 0 atom stereocenters. The first-order valence-corrected chi connectivity index (χ1v) is 10.5. The molecule has 2 amide bonds. The summed E-state index contributed by atoms with van der Waals surface area (Å²) in [7, 11) is 0. The van der Waals surface area contributed by atoms with E-state index in [0.717, 1.165) is 42.6 Å². The molecule has 3 aromatic carbocycles. The Bertz CT molecular complexity index is 1040. The highest BCUT2D eigenvalue weighted by molar-refractivity contribution is 5.95. The zero-order valence-electron chi connectivity index (χ0n) is 17.2. The Kier molecular flexibility index (Phi) is 5.94. The second kappa shape index (κ2) is 8.95. The maximum absolute atomic E-state index is 12.4. The van der Waals surface area contributed by atoms with Gasteiger partial charge in [-0.05, 0) is 65.8 Å². The van der Waals surface area contributed by atoms with Crippen LogP contribution < -0.4 is 10.2 Å². The van der Waals surface area contributed by atoms with Gasteiger partial charge in [0, 0.05) is 31.3 Å². The highest BCUT2D eigenvalue weighted by Crippen LogP contribution is 2.32. The van der Waals surface area contributed by atoms with E-state index in [4.69, 9.17) is 0 Å². The SMILES string of the molecule is CC(=O)N1CCc2cc(-c3ccc(C(=O)NCCCc4ccccc4)cc3)ccc21. The number of rotatable bonds is 6. The van der Waals surface area contributed by atoms with Crippen LogP contribution in [0.2, 0.25) is 0 Å². The van der Waals surface area contributed by atoms with Crippen molar-refractivity contribution in [2.45, 2.75) is 26.2 Å². The molecular weight excluding hydrogens is 372 g/mol. The molecule has 1 aliphatic rings. The van der Waals surface area contributed by atoms with Crippen LogP contribution >= 0.6 is 0 Å². The van der Waals surface area contributed by atoms with E-state index in [-0.39, 0.29) is 11.8 Å². The number of nitrogens with zero attached hydrogens (tertiary/aromatic N) is 1. The Morgan fingerprint density at radius 2 is 1.67 bits per heavy atom. The van der Waals surface area contributed by atoms with Gasteiger partial charge in [-0.2, -0.15) is 0 Å². The smallest absolute Gasteiger partial charge is 0.251 e. The van der Waals surface area contributed by atoms with Crippen LogP contribution in [0.15, 0.2) is 72.8 Å². The van der Waals surface area contributed by atoms with Gasteiger partial charge < -0.3 is 10.2 Å². The standard InChI is InChI=1S/C26H26N2O2/c1-19(29)28-17-15-24-18-23(13-14-25(24)28)21-9-11-22(12-10-21)26(30)27-16-5-8-20-6-3-2-4-7-20/h2-4,6-7,9-14,18H,5,8,15-17H2,1H3,(H,27,30). The fraction of sp³-hybridized carbons (Fsp3) is 0.231. The van der Waals surface area contributed by atoms with E-state index in [2.05, 4.69) is 23.5 Å². The van der Waals surface area contributed by atoms with Gasteiger partial charge in [0.25, 0.3) is 5.91 Å². The number of aryl methyl sites for hydroxylation is 1. The Morgan fingerprint density at radius 3 is 2.40 bits per heavy atom. The minimum absolute atomic E-state index is 0.0411. The fourth-order valence-corrected chi connectivity index (χ4v) is 3.96. The molecule has 152 valence electrons. The van der Waals surface area contributed by atoms with Gasteiger partial charge in [-0.25, -0.2) is 0 Å². The van der Waals surface area contributed by atoms with Crippen molar-refractivity contribution in [3.05, 3.63) is 89.5 Å². The molecule has 4 nitrogen and oxygen atoms in total. The molecule has 3 aromatic rings. The minimum atomic E-state index is -0.0411. The summed E-state index contributed by atoms with van der Waals surface area (Å²) in [6.45, 7) is 3.01. The summed E-state index contributed by atoms with van der Waals surface area (Å²) in [6.07, 6.45) is 2.76. The van der Waals surface area contributed by atoms with Gasteiger partial charge in [0.2, 0.25) is 5.91 Å². The van der Waals surface area contributed by atoms with E-state index in [1.54, 1.807) is 6.92 Å². The van der Waals surface area contributed by atoms with Crippen LogP contribution in [0.4, 0.5) is 5.69 Å². The van der Waals surface area contributed by atoms with Crippen molar-refractivity contribution in [2.24, 2.45) is 0 Å². The molecule has 1 aliphatic heterocycles. The van der Waals surface area contributed by atoms with Crippen LogP contribution in [0.1, 0.15) is 34.8 Å².